The Morgan fingerprint density at radius 1 is 0.698 bits per heavy atom. The minimum atomic E-state index is 0. The van der Waals surface area contributed by atoms with Crippen LogP contribution in [0, 0.1) is 6.92 Å². The van der Waals surface area contributed by atoms with Gasteiger partial charge in [0, 0.05) is 37.2 Å². The number of aryl methyl sites for hydroxylation is 1. The molecule has 0 fully saturated rings. The van der Waals surface area contributed by atoms with Crippen LogP contribution in [0.1, 0.15) is 124 Å². The summed E-state index contributed by atoms with van der Waals surface area (Å²) in [5.41, 5.74) is 4.09. The third-order valence-corrected chi connectivity index (χ3v) is 8.14. The Kier molecular flexibility index (Phi) is 18.9. The van der Waals surface area contributed by atoms with Crippen LogP contribution >= 0.6 is 0 Å². The first-order valence-electron chi connectivity index (χ1n) is 16.7. The van der Waals surface area contributed by atoms with E-state index < -0.39 is 0 Å². The molecule has 1 aromatic heterocycles. The van der Waals surface area contributed by atoms with Crippen molar-refractivity contribution in [3.63, 3.8) is 0 Å². The number of rotatable bonds is 21. The van der Waals surface area contributed by atoms with Gasteiger partial charge in [0.25, 0.3) is 5.91 Å². The van der Waals surface area contributed by atoms with Gasteiger partial charge in [-0.2, -0.15) is 0 Å². The molecule has 0 saturated heterocycles. The van der Waals surface area contributed by atoms with Gasteiger partial charge in [0.2, 0.25) is 0 Å². The molecule has 0 bridgehead atoms. The summed E-state index contributed by atoms with van der Waals surface area (Å²) in [6.45, 7) is 9.43. The van der Waals surface area contributed by atoms with Crippen molar-refractivity contribution >= 4 is 5.91 Å². The fourth-order valence-corrected chi connectivity index (χ4v) is 5.50. The highest BCUT2D eigenvalue weighted by molar-refractivity contribution is 5.94. The molecule has 0 saturated carbocycles. The highest BCUT2D eigenvalue weighted by atomic mass is 127. The quantitative estimate of drug-likeness (QED) is 0.0713. The molecule has 4 nitrogen and oxygen atoms in total. The molecule has 0 aliphatic heterocycles. The fourth-order valence-electron chi connectivity index (χ4n) is 5.50. The summed E-state index contributed by atoms with van der Waals surface area (Å²) >= 11 is 0. The van der Waals surface area contributed by atoms with Crippen LogP contribution in [0.25, 0.3) is 0 Å². The number of hydrogen-bond acceptors (Lipinski definition) is 2. The molecule has 3 aromatic rings. The minimum Gasteiger partial charge on any atom is -1.00 e. The maximum atomic E-state index is 13.6. The van der Waals surface area contributed by atoms with E-state index in [0.717, 1.165) is 48.4 Å². The van der Waals surface area contributed by atoms with Gasteiger partial charge in [-0.15, -0.1) is 0 Å². The van der Waals surface area contributed by atoms with Gasteiger partial charge in [0.05, 0.1) is 6.61 Å². The summed E-state index contributed by atoms with van der Waals surface area (Å²) in [6, 6.07) is 20.1. The Balaban J connectivity index is 0.00000645. The molecule has 1 heterocycles. The van der Waals surface area contributed by atoms with Crippen LogP contribution in [0.2, 0.25) is 0 Å². The number of pyridine rings is 1. The lowest BCUT2D eigenvalue weighted by atomic mass is 10.1. The molecule has 2 aromatic carbocycles. The zero-order chi connectivity index (χ0) is 29.8. The van der Waals surface area contributed by atoms with Gasteiger partial charge in [-0.1, -0.05) is 115 Å². The Hall–Kier alpha value is -2.41. The molecule has 0 radical (unpaired) electrons. The maximum Gasteiger partial charge on any atom is 0.254 e. The van der Waals surface area contributed by atoms with Gasteiger partial charge in [-0.25, -0.2) is 4.57 Å². The number of unbranched alkanes of at least 4 members (excludes halogenated alkanes) is 11. The van der Waals surface area contributed by atoms with Crippen LogP contribution in [-0.2, 0) is 19.6 Å². The molecule has 0 aliphatic carbocycles. The number of benzene rings is 2. The van der Waals surface area contributed by atoms with Crippen LogP contribution in [-0.4, -0.2) is 17.4 Å². The average Bonchev–Trinajstić information content (AvgIpc) is 3.02. The highest BCUT2D eigenvalue weighted by Crippen LogP contribution is 2.24. The summed E-state index contributed by atoms with van der Waals surface area (Å²) in [7, 11) is 0. The SMILES string of the molecule is CCCCCCCCCCCCCCOc1cccc(CN(Cc2cc[n+](CCC)cc2)C(=O)c2ccccc2)c1C.[I-]. The van der Waals surface area contributed by atoms with Gasteiger partial charge >= 0.3 is 0 Å². The summed E-state index contributed by atoms with van der Waals surface area (Å²) in [4.78, 5) is 15.6. The van der Waals surface area contributed by atoms with Crippen molar-refractivity contribution in [1.29, 1.82) is 0 Å². The molecule has 0 unspecified atom stereocenters. The molecule has 3 rings (SSSR count). The molecular weight excluding hydrogens is 643 g/mol. The van der Waals surface area contributed by atoms with E-state index in [1.165, 1.54) is 70.6 Å². The lowest BCUT2D eigenvalue weighted by molar-refractivity contribution is -0.697. The zero-order valence-corrected chi connectivity index (χ0v) is 29.2. The number of halogens is 1. The second-order valence-electron chi connectivity index (χ2n) is 11.7. The van der Waals surface area contributed by atoms with Gasteiger partial charge in [-0.05, 0) is 48.2 Å². The van der Waals surface area contributed by atoms with E-state index in [-0.39, 0.29) is 29.9 Å². The summed E-state index contributed by atoms with van der Waals surface area (Å²) in [6.07, 6.45) is 21.4. The predicted octanol–water partition coefficient (Wildman–Crippen LogP) is 6.62. The largest absolute Gasteiger partial charge is 1.00 e. The van der Waals surface area contributed by atoms with Crippen molar-refractivity contribution in [3.8, 4) is 5.75 Å². The zero-order valence-electron chi connectivity index (χ0n) is 27.0. The van der Waals surface area contributed by atoms with E-state index in [2.05, 4.69) is 68.1 Å². The van der Waals surface area contributed by atoms with Gasteiger partial charge in [0.1, 0.15) is 12.3 Å². The summed E-state index contributed by atoms with van der Waals surface area (Å²) < 4.78 is 8.43. The van der Waals surface area contributed by atoms with E-state index in [1.54, 1.807) is 0 Å². The van der Waals surface area contributed by atoms with Gasteiger partial charge in [-0.3, -0.25) is 4.79 Å². The monoisotopic (exact) mass is 698 g/mol. The summed E-state index contributed by atoms with van der Waals surface area (Å²) in [5, 5.41) is 0. The van der Waals surface area contributed by atoms with Crippen molar-refractivity contribution < 1.29 is 38.1 Å². The molecule has 0 N–H and O–H groups in total. The second kappa shape index (κ2) is 22.2. The summed E-state index contributed by atoms with van der Waals surface area (Å²) in [5.74, 6) is 0.978. The van der Waals surface area contributed by atoms with E-state index in [0.29, 0.717) is 18.7 Å². The Morgan fingerprint density at radius 2 is 1.30 bits per heavy atom. The smallest absolute Gasteiger partial charge is 0.254 e. The van der Waals surface area contributed by atoms with Crippen LogP contribution in [0.3, 0.4) is 0 Å². The van der Waals surface area contributed by atoms with Crippen molar-refractivity contribution in [2.24, 2.45) is 0 Å². The van der Waals surface area contributed by atoms with E-state index in [4.69, 9.17) is 4.74 Å². The fraction of sp³-hybridized carbons (Fsp3) is 0.526. The molecule has 0 spiro atoms. The first-order chi connectivity index (χ1) is 20.6. The second-order valence-corrected chi connectivity index (χ2v) is 11.7. The van der Waals surface area contributed by atoms with Crippen LogP contribution in [0.4, 0.5) is 0 Å². The molecule has 0 atom stereocenters. The van der Waals surface area contributed by atoms with Crippen molar-refractivity contribution in [2.75, 3.05) is 6.61 Å². The van der Waals surface area contributed by atoms with Crippen LogP contribution in [0.5, 0.6) is 5.75 Å². The molecule has 0 aliphatic rings. The number of nitrogens with zero attached hydrogens (tertiary/aromatic N) is 2. The topological polar surface area (TPSA) is 33.4 Å². The number of aromatic nitrogens is 1. The number of hydrogen-bond donors (Lipinski definition) is 0. The molecule has 236 valence electrons. The Labute approximate surface area is 279 Å². The van der Waals surface area contributed by atoms with Crippen molar-refractivity contribution in [3.05, 3.63) is 95.3 Å². The number of carbonyl (C=O) groups is 1. The van der Waals surface area contributed by atoms with Crippen LogP contribution in [0.15, 0.2) is 73.1 Å². The normalized spacial score (nSPS) is 10.8. The predicted molar refractivity (Wildman–Crippen MR) is 175 cm³/mol. The van der Waals surface area contributed by atoms with E-state index in [1.807, 2.05) is 35.2 Å². The van der Waals surface area contributed by atoms with E-state index >= 15 is 0 Å². The first kappa shape index (κ1) is 36.8. The van der Waals surface area contributed by atoms with Gasteiger partial charge in [0.15, 0.2) is 12.4 Å². The standard InChI is InChI=1S/C38H55N2O2.HI/c1-4-6-7-8-9-10-11-12-13-14-15-19-30-42-37-24-20-23-36(33(37)3)32-40(38(41)35-21-17-16-18-22-35)31-34-25-28-39(27-5-2)29-26-34;/h16-18,20-26,28-29H,4-15,19,27,30-32H2,1-3H3;1H/q+1;/p-1. The van der Waals surface area contributed by atoms with Crippen LogP contribution < -0.4 is 33.3 Å². The van der Waals surface area contributed by atoms with Crippen molar-refractivity contribution in [2.45, 2.75) is 124 Å². The third kappa shape index (κ3) is 13.8. The molecule has 43 heavy (non-hydrogen) atoms. The number of ether oxygens (including phenoxy) is 1. The molecule has 5 heteroatoms. The number of amides is 1. The maximum absolute atomic E-state index is 13.6. The lowest BCUT2D eigenvalue weighted by Crippen LogP contribution is -3.00. The van der Waals surface area contributed by atoms with Gasteiger partial charge < -0.3 is 33.6 Å². The minimum absolute atomic E-state index is 0. The van der Waals surface area contributed by atoms with E-state index in [9.17, 15) is 4.79 Å². The Morgan fingerprint density at radius 3 is 1.91 bits per heavy atom. The number of carbonyl (C=O) groups excluding carboxylic acids is 1. The molecular formula is C38H55IN2O2. The molecule has 1 amide bonds. The van der Waals surface area contributed by atoms with Crippen molar-refractivity contribution in [1.82, 2.24) is 4.90 Å². The Bertz CT molecular complexity index is 1150. The highest BCUT2D eigenvalue weighted by Gasteiger charge is 2.19. The first-order valence-corrected chi connectivity index (χ1v) is 16.7. The lowest BCUT2D eigenvalue weighted by Gasteiger charge is -2.24. The average molecular weight is 699 g/mol. The third-order valence-electron chi connectivity index (χ3n) is 8.14.